The monoisotopic (exact) mass is 224 g/mol. The average molecular weight is 224 g/mol. The summed E-state index contributed by atoms with van der Waals surface area (Å²) < 4.78 is 16.1. The first kappa shape index (κ1) is 9.03. The summed E-state index contributed by atoms with van der Waals surface area (Å²) >= 11 is 0. The van der Waals surface area contributed by atoms with Crippen LogP contribution in [0, 0.1) is 0 Å². The van der Waals surface area contributed by atoms with Gasteiger partial charge in [-0.1, -0.05) is 0 Å². The number of esters is 1. The molecule has 1 atom stereocenters. The third-order valence-corrected chi connectivity index (χ3v) is 3.40. The number of cyclic esters (lactones) is 1. The smallest absolute Gasteiger partial charge is 0.320 e. The minimum Gasteiger partial charge on any atom is -0.495 e. The van der Waals surface area contributed by atoms with Gasteiger partial charge in [0, 0.05) is 18.9 Å². The maximum atomic E-state index is 11.7. The highest BCUT2D eigenvalue weighted by atomic mass is 28.1. The van der Waals surface area contributed by atoms with E-state index in [1.165, 1.54) is 0 Å². The Bertz CT molecular complexity index is 425. The van der Waals surface area contributed by atoms with E-state index in [1.54, 1.807) is 0 Å². The maximum Gasteiger partial charge on any atom is 0.320 e. The molecule has 1 aromatic heterocycles. The number of fused-ring (bicyclic) bond motifs is 3. The summed E-state index contributed by atoms with van der Waals surface area (Å²) in [6, 6.07) is 1.89. The highest BCUT2D eigenvalue weighted by Crippen LogP contribution is 2.49. The molecule has 0 amide bonds. The molecule has 3 heterocycles. The number of hydrogen-bond donors (Lipinski definition) is 0. The van der Waals surface area contributed by atoms with Crippen LogP contribution in [-0.2, 0) is 21.4 Å². The minimum absolute atomic E-state index is 0.157. The topological polar surface area (TPSA) is 48.7 Å². The highest BCUT2D eigenvalue weighted by Gasteiger charge is 2.55. The molecule has 0 aromatic carbocycles. The lowest BCUT2D eigenvalue weighted by Crippen LogP contribution is -2.32. The third-order valence-electron chi connectivity index (χ3n) is 3.11. The third kappa shape index (κ3) is 1.04. The summed E-state index contributed by atoms with van der Waals surface area (Å²) in [6.07, 6.45) is 2.08. The van der Waals surface area contributed by atoms with Crippen LogP contribution < -0.4 is 4.74 Å². The molecule has 1 fully saturated rings. The van der Waals surface area contributed by atoms with Crippen LogP contribution in [0.5, 0.6) is 5.75 Å². The van der Waals surface area contributed by atoms with Crippen molar-refractivity contribution in [1.82, 2.24) is 0 Å². The Labute approximate surface area is 90.0 Å². The van der Waals surface area contributed by atoms with Gasteiger partial charge in [-0.25, -0.2) is 0 Å². The summed E-state index contributed by atoms with van der Waals surface area (Å²) in [4.78, 5) is 11.7. The van der Waals surface area contributed by atoms with Gasteiger partial charge >= 0.3 is 5.97 Å². The Hall–Kier alpha value is -1.23. The fourth-order valence-electron chi connectivity index (χ4n) is 2.41. The van der Waals surface area contributed by atoms with Gasteiger partial charge in [0.1, 0.15) is 11.2 Å². The zero-order chi connectivity index (χ0) is 10.5. The van der Waals surface area contributed by atoms with Gasteiger partial charge < -0.3 is 13.9 Å². The van der Waals surface area contributed by atoms with E-state index in [9.17, 15) is 4.79 Å². The largest absolute Gasteiger partial charge is 0.495 e. The van der Waals surface area contributed by atoms with Crippen LogP contribution in [0.15, 0.2) is 10.5 Å². The molecule has 1 aromatic rings. The second-order valence-corrected chi connectivity index (χ2v) is 4.56. The van der Waals surface area contributed by atoms with E-state index in [0.29, 0.717) is 25.2 Å². The van der Waals surface area contributed by atoms with Crippen molar-refractivity contribution in [3.63, 3.8) is 0 Å². The number of ether oxygens (including phenoxy) is 2. The fraction of sp³-hybridized carbons (Fsp3) is 0.500. The van der Waals surface area contributed by atoms with Crippen LogP contribution in [-0.4, -0.2) is 29.0 Å². The van der Waals surface area contributed by atoms with E-state index in [2.05, 4.69) is 0 Å². The van der Waals surface area contributed by atoms with Gasteiger partial charge in [0.15, 0.2) is 11.5 Å². The SMILES string of the molecule is O=C1OCCC12Cc1cc(OC[SiH3])c2o1. The summed E-state index contributed by atoms with van der Waals surface area (Å²) in [5.74, 6) is 2.12. The van der Waals surface area contributed by atoms with Crippen LogP contribution in [0.3, 0.4) is 0 Å². The average Bonchev–Trinajstić information content (AvgIpc) is 2.84. The van der Waals surface area contributed by atoms with Gasteiger partial charge in [-0.05, 0) is 0 Å². The molecule has 2 bridgehead atoms. The Morgan fingerprint density at radius 1 is 1.60 bits per heavy atom. The van der Waals surface area contributed by atoms with E-state index in [4.69, 9.17) is 13.9 Å². The zero-order valence-corrected chi connectivity index (χ0v) is 10.5. The molecular formula is C10H12O4Si. The Morgan fingerprint density at radius 3 is 3.07 bits per heavy atom. The minimum atomic E-state index is -0.545. The van der Waals surface area contributed by atoms with Gasteiger partial charge in [-0.3, -0.25) is 4.79 Å². The summed E-state index contributed by atoms with van der Waals surface area (Å²) in [6.45, 7) is 0.493. The number of hydrogen-bond acceptors (Lipinski definition) is 4. The van der Waals surface area contributed by atoms with E-state index in [1.807, 2.05) is 6.07 Å². The zero-order valence-electron chi connectivity index (χ0n) is 8.54. The van der Waals surface area contributed by atoms with E-state index < -0.39 is 5.41 Å². The van der Waals surface area contributed by atoms with Crippen molar-refractivity contribution in [2.75, 3.05) is 12.8 Å². The lowest BCUT2D eigenvalue weighted by atomic mass is 9.79. The quantitative estimate of drug-likeness (QED) is 0.512. The van der Waals surface area contributed by atoms with Gasteiger partial charge in [-0.2, -0.15) is 0 Å². The van der Waals surface area contributed by atoms with Gasteiger partial charge in [0.25, 0.3) is 0 Å². The van der Waals surface area contributed by atoms with Crippen molar-refractivity contribution in [3.8, 4) is 5.75 Å². The van der Waals surface area contributed by atoms with Gasteiger partial charge in [0.05, 0.1) is 23.1 Å². The van der Waals surface area contributed by atoms with Gasteiger partial charge in [-0.15, -0.1) is 0 Å². The van der Waals surface area contributed by atoms with Crippen molar-refractivity contribution in [2.45, 2.75) is 18.3 Å². The molecule has 0 N–H and O–H groups in total. The number of furan rings is 1. The lowest BCUT2D eigenvalue weighted by Gasteiger charge is -2.19. The first-order valence-electron chi connectivity index (χ1n) is 5.19. The Kier molecular flexibility index (Phi) is 1.73. The van der Waals surface area contributed by atoms with E-state index in [0.717, 1.165) is 28.0 Å². The Balaban J connectivity index is 2.04. The van der Waals surface area contributed by atoms with Crippen LogP contribution in [0.1, 0.15) is 17.9 Å². The van der Waals surface area contributed by atoms with Crippen LogP contribution in [0.25, 0.3) is 0 Å². The molecule has 1 spiro atoms. The second kappa shape index (κ2) is 2.88. The molecular weight excluding hydrogens is 212 g/mol. The molecule has 80 valence electrons. The van der Waals surface area contributed by atoms with Crippen molar-refractivity contribution < 1.29 is 18.7 Å². The number of carbonyl (C=O) groups excluding carboxylic acids is 1. The molecule has 5 heteroatoms. The molecule has 0 radical (unpaired) electrons. The number of carbonyl (C=O) groups is 1. The van der Waals surface area contributed by atoms with Crippen LogP contribution in [0.4, 0.5) is 0 Å². The highest BCUT2D eigenvalue weighted by molar-refractivity contribution is 6.08. The molecule has 3 rings (SSSR count). The second-order valence-electron chi connectivity index (χ2n) is 3.98. The molecule has 0 aliphatic carbocycles. The van der Waals surface area contributed by atoms with Crippen molar-refractivity contribution >= 4 is 16.2 Å². The van der Waals surface area contributed by atoms with Crippen molar-refractivity contribution in [3.05, 3.63) is 17.6 Å². The molecule has 1 unspecified atom stereocenters. The molecule has 2 aliphatic heterocycles. The van der Waals surface area contributed by atoms with E-state index in [-0.39, 0.29) is 5.97 Å². The molecule has 4 nitrogen and oxygen atoms in total. The predicted octanol–water partition coefficient (Wildman–Crippen LogP) is -0.278. The first-order valence-corrected chi connectivity index (χ1v) is 6.61. The number of rotatable bonds is 2. The molecule has 2 aliphatic rings. The maximum absolute atomic E-state index is 11.7. The molecule has 0 saturated carbocycles. The normalized spacial score (nSPS) is 27.6. The van der Waals surface area contributed by atoms with E-state index >= 15 is 0 Å². The van der Waals surface area contributed by atoms with Crippen molar-refractivity contribution in [1.29, 1.82) is 0 Å². The lowest BCUT2D eigenvalue weighted by molar-refractivity contribution is -0.142. The fourth-order valence-corrected chi connectivity index (χ4v) is 2.72. The molecule has 15 heavy (non-hydrogen) atoms. The first-order chi connectivity index (χ1) is 7.26. The van der Waals surface area contributed by atoms with Crippen LogP contribution in [0.2, 0.25) is 0 Å². The molecule has 1 saturated heterocycles. The summed E-state index contributed by atoms with van der Waals surface area (Å²) in [5.41, 5.74) is -0.545. The predicted molar refractivity (Wildman–Crippen MR) is 55.1 cm³/mol. The van der Waals surface area contributed by atoms with Gasteiger partial charge in [0.2, 0.25) is 0 Å². The summed E-state index contributed by atoms with van der Waals surface area (Å²) in [7, 11) is 0.973. The standard InChI is InChI=1S/C10H12O4Si/c11-9-10(1-2-12-9)4-6-3-7(13-5-15)8(10)14-6/h3H,1-2,4-5H2,15H3. The van der Waals surface area contributed by atoms with Crippen LogP contribution >= 0.6 is 0 Å². The van der Waals surface area contributed by atoms with Crippen molar-refractivity contribution in [2.24, 2.45) is 0 Å². The summed E-state index contributed by atoms with van der Waals surface area (Å²) in [5, 5.41) is 0. The Morgan fingerprint density at radius 2 is 2.47 bits per heavy atom.